The quantitative estimate of drug-likeness (QED) is 0.800. The summed E-state index contributed by atoms with van der Waals surface area (Å²) < 4.78 is 7.34. The number of aromatic nitrogens is 1. The number of nitrogens with zero attached hydrogens (tertiary/aromatic N) is 1. The van der Waals surface area contributed by atoms with Crippen LogP contribution in [0.25, 0.3) is 0 Å². The summed E-state index contributed by atoms with van der Waals surface area (Å²) in [5.41, 5.74) is 1.26. The van der Waals surface area contributed by atoms with E-state index in [2.05, 4.69) is 46.1 Å². The lowest BCUT2D eigenvalue weighted by molar-refractivity contribution is -0.0894. The molecule has 21 heavy (non-hydrogen) atoms. The van der Waals surface area contributed by atoms with E-state index in [0.717, 1.165) is 24.0 Å². The molecule has 0 saturated heterocycles. The Balaban J connectivity index is 2.18. The van der Waals surface area contributed by atoms with E-state index >= 15 is 0 Å². The van der Waals surface area contributed by atoms with Crippen LogP contribution in [0.4, 0.5) is 0 Å². The zero-order valence-corrected chi connectivity index (χ0v) is 14.8. The van der Waals surface area contributed by atoms with Crippen LogP contribution in [-0.2, 0) is 11.2 Å². The van der Waals surface area contributed by atoms with Crippen LogP contribution in [0.3, 0.4) is 0 Å². The molecule has 1 unspecified atom stereocenters. The van der Waals surface area contributed by atoms with Gasteiger partial charge in [-0.1, -0.05) is 26.2 Å². The van der Waals surface area contributed by atoms with Crippen LogP contribution in [-0.4, -0.2) is 29.8 Å². The number of ether oxygens (including phenoxy) is 1. The van der Waals surface area contributed by atoms with Crippen molar-refractivity contribution in [2.45, 2.75) is 64.0 Å². The minimum absolute atomic E-state index is 0.00860. The largest absolute Gasteiger partial charge is 0.374 e. The molecule has 1 aromatic rings. The van der Waals surface area contributed by atoms with Crippen LogP contribution in [0.5, 0.6) is 0 Å². The van der Waals surface area contributed by atoms with Crippen molar-refractivity contribution in [2.75, 3.05) is 13.2 Å². The molecule has 0 spiro atoms. The lowest BCUT2D eigenvalue weighted by Gasteiger charge is -2.44. The van der Waals surface area contributed by atoms with Crippen molar-refractivity contribution in [1.82, 2.24) is 10.3 Å². The topological polar surface area (TPSA) is 34.2 Å². The monoisotopic (exact) mass is 354 g/mol. The number of nitrogens with one attached hydrogen (secondary N) is 1. The lowest BCUT2D eigenvalue weighted by Crippen LogP contribution is -2.54. The van der Waals surface area contributed by atoms with Crippen molar-refractivity contribution in [3.05, 3.63) is 28.5 Å². The third-order valence-electron chi connectivity index (χ3n) is 4.42. The van der Waals surface area contributed by atoms with Gasteiger partial charge >= 0.3 is 0 Å². The van der Waals surface area contributed by atoms with Crippen LogP contribution in [0.15, 0.2) is 22.9 Å². The summed E-state index contributed by atoms with van der Waals surface area (Å²) in [6.45, 7) is 6.05. The van der Waals surface area contributed by atoms with Crippen molar-refractivity contribution in [2.24, 2.45) is 0 Å². The fraction of sp³-hybridized carbons (Fsp3) is 0.706. The minimum Gasteiger partial charge on any atom is -0.374 e. The predicted octanol–water partition coefficient (Wildman–Crippen LogP) is 4.10. The van der Waals surface area contributed by atoms with Gasteiger partial charge in [-0.25, -0.2) is 0 Å². The third-order valence-corrected chi connectivity index (χ3v) is 4.85. The minimum atomic E-state index is -0.00860. The highest BCUT2D eigenvalue weighted by molar-refractivity contribution is 9.10. The molecular weight excluding hydrogens is 328 g/mol. The first-order chi connectivity index (χ1) is 10.2. The van der Waals surface area contributed by atoms with Gasteiger partial charge in [0.2, 0.25) is 0 Å². The van der Waals surface area contributed by atoms with E-state index in [1.54, 1.807) is 0 Å². The Kier molecular flexibility index (Phi) is 6.65. The molecule has 1 aliphatic rings. The highest BCUT2D eigenvalue weighted by atomic mass is 79.9. The van der Waals surface area contributed by atoms with Crippen LogP contribution >= 0.6 is 15.9 Å². The van der Waals surface area contributed by atoms with E-state index in [4.69, 9.17) is 4.74 Å². The Hall–Kier alpha value is -0.450. The maximum atomic E-state index is 6.29. The Labute approximate surface area is 137 Å². The molecule has 3 nitrogen and oxygen atoms in total. The molecule has 4 heteroatoms. The molecule has 0 amide bonds. The summed E-state index contributed by atoms with van der Waals surface area (Å²) in [7, 11) is 0. The Bertz CT molecular complexity index is 427. The molecule has 2 rings (SSSR count). The molecule has 1 saturated carbocycles. The maximum absolute atomic E-state index is 6.29. The summed E-state index contributed by atoms with van der Waals surface area (Å²) in [4.78, 5) is 4.30. The average Bonchev–Trinajstić information content (AvgIpc) is 2.48. The summed E-state index contributed by atoms with van der Waals surface area (Å²) in [6, 6.07) is 2.53. The average molecular weight is 355 g/mol. The number of likely N-dealkylation sites (N-methyl/N-ethyl adjacent to an activating group) is 1. The lowest BCUT2D eigenvalue weighted by atomic mass is 9.77. The van der Waals surface area contributed by atoms with Crippen LogP contribution < -0.4 is 5.32 Å². The van der Waals surface area contributed by atoms with E-state index < -0.39 is 0 Å². The van der Waals surface area contributed by atoms with Crippen molar-refractivity contribution < 1.29 is 4.74 Å². The van der Waals surface area contributed by atoms with Gasteiger partial charge in [-0.15, -0.1) is 0 Å². The fourth-order valence-corrected chi connectivity index (χ4v) is 3.94. The van der Waals surface area contributed by atoms with E-state index in [1.807, 2.05) is 12.4 Å². The SMILES string of the molecule is CCNC(Cc1cncc(Br)c1)C1(OCC)CCCCC1. The molecule has 1 aliphatic carbocycles. The predicted molar refractivity (Wildman–Crippen MR) is 90.5 cm³/mol. The summed E-state index contributed by atoms with van der Waals surface area (Å²) >= 11 is 3.52. The first-order valence-electron chi connectivity index (χ1n) is 8.17. The van der Waals surface area contributed by atoms with Crippen LogP contribution in [0.2, 0.25) is 0 Å². The highest BCUT2D eigenvalue weighted by Gasteiger charge is 2.40. The molecule has 1 N–H and O–H groups in total. The molecule has 1 fully saturated rings. The zero-order chi connectivity index (χ0) is 15.1. The van der Waals surface area contributed by atoms with Crippen molar-refractivity contribution in [3.63, 3.8) is 0 Å². The molecule has 1 heterocycles. The first kappa shape index (κ1) is 16.9. The Morgan fingerprint density at radius 3 is 2.67 bits per heavy atom. The number of halogens is 1. The van der Waals surface area contributed by atoms with Gasteiger partial charge in [-0.3, -0.25) is 4.98 Å². The number of hydrogen-bond donors (Lipinski definition) is 1. The van der Waals surface area contributed by atoms with Gasteiger partial charge in [-0.05, 0) is 60.3 Å². The smallest absolute Gasteiger partial charge is 0.0837 e. The van der Waals surface area contributed by atoms with Gasteiger partial charge in [0.1, 0.15) is 0 Å². The van der Waals surface area contributed by atoms with Crippen molar-refractivity contribution in [3.8, 4) is 0 Å². The summed E-state index contributed by atoms with van der Waals surface area (Å²) in [5, 5.41) is 3.68. The maximum Gasteiger partial charge on any atom is 0.0837 e. The Morgan fingerprint density at radius 1 is 1.29 bits per heavy atom. The molecule has 0 aromatic carbocycles. The second-order valence-electron chi connectivity index (χ2n) is 5.88. The molecular formula is C17H27BrN2O. The molecule has 1 aromatic heterocycles. The van der Waals surface area contributed by atoms with Gasteiger partial charge in [0.05, 0.1) is 5.60 Å². The summed E-state index contributed by atoms with van der Waals surface area (Å²) in [6.07, 6.45) is 11.0. The number of rotatable bonds is 7. The first-order valence-corrected chi connectivity index (χ1v) is 8.96. The fourth-order valence-electron chi connectivity index (χ4n) is 3.52. The van der Waals surface area contributed by atoms with Crippen molar-refractivity contribution >= 4 is 15.9 Å². The van der Waals surface area contributed by atoms with Gasteiger partial charge in [0.25, 0.3) is 0 Å². The van der Waals surface area contributed by atoms with Gasteiger partial charge < -0.3 is 10.1 Å². The Morgan fingerprint density at radius 2 is 2.05 bits per heavy atom. The number of pyridine rings is 1. The van der Waals surface area contributed by atoms with Crippen LogP contribution in [0.1, 0.15) is 51.5 Å². The van der Waals surface area contributed by atoms with E-state index in [9.17, 15) is 0 Å². The molecule has 0 radical (unpaired) electrons. The molecule has 0 bridgehead atoms. The molecule has 1 atom stereocenters. The summed E-state index contributed by atoms with van der Waals surface area (Å²) in [5.74, 6) is 0. The van der Waals surface area contributed by atoms with E-state index in [1.165, 1.54) is 37.7 Å². The van der Waals surface area contributed by atoms with Gasteiger partial charge in [-0.2, -0.15) is 0 Å². The second kappa shape index (κ2) is 8.25. The van der Waals surface area contributed by atoms with E-state index in [0.29, 0.717) is 6.04 Å². The highest BCUT2D eigenvalue weighted by Crippen LogP contribution is 2.36. The van der Waals surface area contributed by atoms with Gasteiger partial charge in [0, 0.05) is 29.5 Å². The van der Waals surface area contributed by atoms with Crippen molar-refractivity contribution in [1.29, 1.82) is 0 Å². The standard InChI is InChI=1S/C17H27BrN2O/c1-3-20-16(11-14-10-15(18)13-19-12-14)17(21-4-2)8-6-5-7-9-17/h10,12-13,16,20H,3-9,11H2,1-2H3. The number of hydrogen-bond acceptors (Lipinski definition) is 3. The van der Waals surface area contributed by atoms with E-state index in [-0.39, 0.29) is 5.60 Å². The van der Waals surface area contributed by atoms with Gasteiger partial charge in [0.15, 0.2) is 0 Å². The molecule has 118 valence electrons. The zero-order valence-electron chi connectivity index (χ0n) is 13.2. The normalized spacial score (nSPS) is 19.4. The molecule has 0 aliphatic heterocycles. The second-order valence-corrected chi connectivity index (χ2v) is 6.80. The third kappa shape index (κ3) is 4.51. The van der Waals surface area contributed by atoms with Crippen LogP contribution in [0, 0.1) is 0 Å².